The van der Waals surface area contributed by atoms with Crippen LogP contribution in [0.25, 0.3) is 10.8 Å². The lowest BCUT2D eigenvalue weighted by Gasteiger charge is -2.41. The Hall–Kier alpha value is -0.730. The van der Waals surface area contributed by atoms with Crippen molar-refractivity contribution in [2.75, 3.05) is 26.4 Å². The third-order valence-corrected chi connectivity index (χ3v) is 4.72. The zero-order valence-corrected chi connectivity index (χ0v) is 15.3. The second-order valence-electron chi connectivity index (χ2n) is 6.24. The molecule has 0 unspecified atom stereocenters. The van der Waals surface area contributed by atoms with E-state index >= 15 is 0 Å². The molecule has 5 heteroatoms. The minimum absolute atomic E-state index is 0.0164. The Morgan fingerprint density at radius 3 is 2.52 bits per heavy atom. The van der Waals surface area contributed by atoms with Crippen LogP contribution in [0, 0.1) is 5.41 Å². The topological polar surface area (TPSA) is 47.9 Å². The molecule has 0 spiro atoms. The van der Waals surface area contributed by atoms with Crippen LogP contribution in [0.4, 0.5) is 0 Å². The number of aliphatic hydroxyl groups is 1. The highest BCUT2D eigenvalue weighted by Gasteiger charge is 2.41. The Bertz CT molecular complexity index is 661. The predicted octanol–water partition coefficient (Wildman–Crippen LogP) is 3.49. The van der Waals surface area contributed by atoms with Gasteiger partial charge in [0.2, 0.25) is 3.79 Å². The van der Waals surface area contributed by atoms with Crippen LogP contribution in [0.15, 0.2) is 42.5 Å². The molecule has 0 bridgehead atoms. The maximum absolute atomic E-state index is 9.71. The van der Waals surface area contributed by atoms with Gasteiger partial charge in [-0.15, -0.1) is 0 Å². The number of benzene rings is 2. The highest BCUT2D eigenvalue weighted by atomic mass is 127. The molecule has 0 radical (unpaired) electrons. The van der Waals surface area contributed by atoms with Gasteiger partial charge < -0.3 is 19.3 Å². The van der Waals surface area contributed by atoms with E-state index < -0.39 is 9.21 Å². The highest BCUT2D eigenvalue weighted by molar-refractivity contribution is 14.1. The Labute approximate surface area is 149 Å². The van der Waals surface area contributed by atoms with Crippen molar-refractivity contribution in [3.05, 3.63) is 48.0 Å². The number of fused-ring (bicyclic) bond motifs is 1. The van der Waals surface area contributed by atoms with Crippen LogP contribution in [-0.4, -0.2) is 35.3 Å². The van der Waals surface area contributed by atoms with Crippen LogP contribution in [0.5, 0.6) is 0 Å². The fourth-order valence-corrected chi connectivity index (χ4v) is 2.89. The zero-order valence-electron chi connectivity index (χ0n) is 13.1. The van der Waals surface area contributed by atoms with Gasteiger partial charge in [-0.3, -0.25) is 0 Å². The highest BCUT2D eigenvalue weighted by Crippen LogP contribution is 2.34. The van der Waals surface area contributed by atoms with Gasteiger partial charge in [-0.1, -0.05) is 36.4 Å². The fourth-order valence-electron chi connectivity index (χ4n) is 2.58. The molecule has 2 aromatic carbocycles. The van der Waals surface area contributed by atoms with Gasteiger partial charge in [0, 0.05) is 0 Å². The van der Waals surface area contributed by atoms with E-state index in [1.54, 1.807) is 0 Å². The largest absolute Gasteiger partial charge is 0.396 e. The Balaban J connectivity index is 1.59. The summed E-state index contributed by atoms with van der Waals surface area (Å²) < 4.78 is 16.5. The first-order chi connectivity index (χ1) is 11.0. The molecule has 0 aromatic heterocycles. The summed E-state index contributed by atoms with van der Waals surface area (Å²) in [6, 6.07) is 14.6. The molecule has 1 saturated heterocycles. The molecule has 0 amide bonds. The van der Waals surface area contributed by atoms with Gasteiger partial charge >= 0.3 is 0 Å². The summed E-state index contributed by atoms with van der Waals surface area (Å²) in [5, 5.41) is 12.1. The summed E-state index contributed by atoms with van der Waals surface area (Å²) in [5.41, 5.74) is 0.634. The van der Waals surface area contributed by atoms with Crippen molar-refractivity contribution >= 4 is 33.4 Å². The normalized spacial score (nSPS) is 28.1. The third kappa shape index (κ3) is 4.22. The van der Waals surface area contributed by atoms with Crippen molar-refractivity contribution in [3.8, 4) is 0 Å². The van der Waals surface area contributed by atoms with Crippen molar-refractivity contribution in [1.82, 2.24) is 0 Å². The van der Waals surface area contributed by atoms with E-state index in [0.717, 1.165) is 5.56 Å². The number of alkyl halides is 1. The lowest BCUT2D eigenvalue weighted by atomic mass is 9.91. The zero-order chi connectivity index (χ0) is 16.3. The smallest absolute Gasteiger partial charge is 0.218 e. The molecule has 2 aromatic rings. The molecule has 124 valence electrons. The Kier molecular flexibility index (Phi) is 5.22. The van der Waals surface area contributed by atoms with Crippen molar-refractivity contribution in [2.45, 2.75) is 17.3 Å². The lowest BCUT2D eigenvalue weighted by Crippen LogP contribution is -2.49. The maximum atomic E-state index is 9.71. The number of hydrogen-bond acceptors (Lipinski definition) is 4. The number of rotatable bonds is 5. The molecule has 0 atom stereocenters. The van der Waals surface area contributed by atoms with E-state index in [0.29, 0.717) is 26.4 Å². The number of hydrogen-bond donors (Lipinski definition) is 1. The minimum atomic E-state index is -0.616. The molecular weight excluding hydrogens is 407 g/mol. The SMILES string of the molecule is CC1(I)OCC(CO)(COCc2ccc3ccccc3c2)CO1. The van der Waals surface area contributed by atoms with Gasteiger partial charge in [0.25, 0.3) is 0 Å². The van der Waals surface area contributed by atoms with Gasteiger partial charge in [0.1, 0.15) is 0 Å². The van der Waals surface area contributed by atoms with Gasteiger partial charge in [-0.2, -0.15) is 0 Å². The molecule has 1 fully saturated rings. The minimum Gasteiger partial charge on any atom is -0.396 e. The van der Waals surface area contributed by atoms with Gasteiger partial charge in [-0.05, 0) is 51.9 Å². The van der Waals surface area contributed by atoms with Crippen molar-refractivity contribution < 1.29 is 19.3 Å². The van der Waals surface area contributed by atoms with Gasteiger partial charge in [-0.25, -0.2) is 0 Å². The standard InChI is InChI=1S/C18H21IO4/c1-17(19)22-12-18(10-20,13-23-17)11-21-9-14-6-7-15-4-2-3-5-16(15)8-14/h2-8,20H,9-13H2,1H3. The van der Waals surface area contributed by atoms with Crippen LogP contribution in [0.2, 0.25) is 0 Å². The van der Waals surface area contributed by atoms with Gasteiger partial charge in [0.05, 0.1) is 38.4 Å². The first kappa shape index (κ1) is 17.1. The Morgan fingerprint density at radius 2 is 1.83 bits per heavy atom. The van der Waals surface area contributed by atoms with E-state index in [2.05, 4.69) is 52.9 Å². The van der Waals surface area contributed by atoms with Crippen LogP contribution in [-0.2, 0) is 20.8 Å². The van der Waals surface area contributed by atoms with Crippen LogP contribution in [0.3, 0.4) is 0 Å². The average Bonchev–Trinajstić information content (AvgIpc) is 2.57. The number of ether oxygens (including phenoxy) is 3. The van der Waals surface area contributed by atoms with E-state index in [9.17, 15) is 5.11 Å². The molecule has 0 aliphatic carbocycles. The molecule has 1 aliphatic rings. The first-order valence-corrected chi connectivity index (χ1v) is 8.73. The summed E-state index contributed by atoms with van der Waals surface area (Å²) in [4.78, 5) is 0. The quantitative estimate of drug-likeness (QED) is 0.585. The molecule has 23 heavy (non-hydrogen) atoms. The van der Waals surface area contributed by atoms with E-state index in [1.165, 1.54) is 10.8 Å². The van der Waals surface area contributed by atoms with E-state index in [4.69, 9.17) is 14.2 Å². The molecule has 1 N–H and O–H groups in total. The predicted molar refractivity (Wildman–Crippen MR) is 97.5 cm³/mol. The monoisotopic (exact) mass is 428 g/mol. The second kappa shape index (κ2) is 7.03. The van der Waals surface area contributed by atoms with E-state index in [1.807, 2.05) is 19.1 Å². The molecule has 1 heterocycles. The Morgan fingerprint density at radius 1 is 1.13 bits per heavy atom. The summed E-state index contributed by atoms with van der Waals surface area (Å²) in [7, 11) is 0. The van der Waals surface area contributed by atoms with Crippen molar-refractivity contribution in [2.24, 2.45) is 5.41 Å². The summed E-state index contributed by atoms with van der Waals surface area (Å²) >= 11 is 2.11. The molecule has 0 saturated carbocycles. The summed E-state index contributed by atoms with van der Waals surface area (Å²) in [6.07, 6.45) is 0. The van der Waals surface area contributed by atoms with Crippen molar-refractivity contribution in [1.29, 1.82) is 0 Å². The average molecular weight is 428 g/mol. The molecule has 3 rings (SSSR count). The summed E-state index contributed by atoms with van der Waals surface area (Å²) in [6.45, 7) is 3.63. The molecular formula is C18H21IO4. The van der Waals surface area contributed by atoms with Crippen molar-refractivity contribution in [3.63, 3.8) is 0 Å². The van der Waals surface area contributed by atoms with Crippen LogP contribution in [0.1, 0.15) is 12.5 Å². The van der Waals surface area contributed by atoms with Gasteiger partial charge in [0.15, 0.2) is 0 Å². The first-order valence-electron chi connectivity index (χ1n) is 7.65. The number of halogens is 1. The summed E-state index contributed by atoms with van der Waals surface area (Å²) in [5.74, 6) is 0. The van der Waals surface area contributed by atoms with Crippen LogP contribution < -0.4 is 0 Å². The maximum Gasteiger partial charge on any atom is 0.218 e. The molecule has 1 aliphatic heterocycles. The second-order valence-corrected chi connectivity index (χ2v) is 8.20. The fraction of sp³-hybridized carbons (Fsp3) is 0.444. The van der Waals surface area contributed by atoms with Crippen LogP contribution >= 0.6 is 22.6 Å². The lowest BCUT2D eigenvalue weighted by molar-refractivity contribution is -0.250. The molecule has 4 nitrogen and oxygen atoms in total. The van der Waals surface area contributed by atoms with E-state index in [-0.39, 0.29) is 6.61 Å². The third-order valence-electron chi connectivity index (χ3n) is 4.10. The number of aliphatic hydroxyl groups excluding tert-OH is 1.